The summed E-state index contributed by atoms with van der Waals surface area (Å²) in [5.74, 6) is 0.0235. The SMILES string of the molecule is CCC(=O)SCCC(F)C(F)C(F)CC(F)F. The summed E-state index contributed by atoms with van der Waals surface area (Å²) in [7, 11) is 0. The van der Waals surface area contributed by atoms with E-state index in [2.05, 4.69) is 0 Å². The van der Waals surface area contributed by atoms with Gasteiger partial charge < -0.3 is 0 Å². The number of carbonyl (C=O) groups is 1. The Morgan fingerprint density at radius 2 is 1.71 bits per heavy atom. The summed E-state index contributed by atoms with van der Waals surface area (Å²) >= 11 is 0.832. The molecule has 3 unspecified atom stereocenters. The Morgan fingerprint density at radius 3 is 2.18 bits per heavy atom. The van der Waals surface area contributed by atoms with Crippen molar-refractivity contribution in [2.45, 2.75) is 51.1 Å². The van der Waals surface area contributed by atoms with Gasteiger partial charge in [0, 0.05) is 18.6 Å². The van der Waals surface area contributed by atoms with Gasteiger partial charge in [-0.2, -0.15) is 0 Å². The lowest BCUT2D eigenvalue weighted by Crippen LogP contribution is -2.30. The smallest absolute Gasteiger partial charge is 0.241 e. The molecule has 0 aliphatic heterocycles. The van der Waals surface area contributed by atoms with Crippen molar-refractivity contribution in [3.8, 4) is 0 Å². The highest BCUT2D eigenvalue weighted by atomic mass is 32.2. The first-order valence-corrected chi connectivity index (χ1v) is 6.23. The molecule has 0 N–H and O–H groups in total. The van der Waals surface area contributed by atoms with Gasteiger partial charge in [-0.25, -0.2) is 22.0 Å². The topological polar surface area (TPSA) is 17.1 Å². The zero-order chi connectivity index (χ0) is 13.4. The van der Waals surface area contributed by atoms with Gasteiger partial charge in [0.2, 0.25) is 6.43 Å². The molecule has 0 rings (SSSR count). The highest BCUT2D eigenvalue weighted by molar-refractivity contribution is 8.13. The fourth-order valence-corrected chi connectivity index (χ4v) is 1.85. The van der Waals surface area contributed by atoms with Crippen LogP contribution in [-0.4, -0.2) is 35.8 Å². The Labute approximate surface area is 101 Å². The number of rotatable bonds is 8. The van der Waals surface area contributed by atoms with E-state index in [0.717, 1.165) is 11.8 Å². The van der Waals surface area contributed by atoms with Crippen molar-refractivity contribution in [2.75, 3.05) is 5.75 Å². The Balaban J connectivity index is 3.88. The van der Waals surface area contributed by atoms with Crippen LogP contribution < -0.4 is 0 Å². The molecule has 1 nitrogen and oxygen atoms in total. The molecule has 3 atom stereocenters. The molecule has 0 saturated heterocycles. The Bertz CT molecular complexity index is 227. The van der Waals surface area contributed by atoms with E-state index in [-0.39, 0.29) is 23.7 Å². The highest BCUT2D eigenvalue weighted by Crippen LogP contribution is 2.22. The number of alkyl halides is 5. The molecule has 102 valence electrons. The lowest BCUT2D eigenvalue weighted by Gasteiger charge is -2.16. The molecule has 0 spiro atoms. The van der Waals surface area contributed by atoms with Gasteiger partial charge in [-0.3, -0.25) is 4.79 Å². The Kier molecular flexibility index (Phi) is 8.55. The second kappa shape index (κ2) is 8.72. The second-order valence-electron chi connectivity index (χ2n) is 3.47. The van der Waals surface area contributed by atoms with Crippen LogP contribution in [0.3, 0.4) is 0 Å². The van der Waals surface area contributed by atoms with Crippen molar-refractivity contribution in [3.05, 3.63) is 0 Å². The Hall–Kier alpha value is -0.330. The maximum atomic E-state index is 13.1. The number of thioether (sulfide) groups is 1. The predicted molar refractivity (Wildman–Crippen MR) is 57.7 cm³/mol. The standard InChI is InChI=1S/C10H15F5OS/c1-2-9(16)17-4-3-6(11)10(15)7(12)5-8(13)14/h6-8,10H,2-5H2,1H3. The van der Waals surface area contributed by atoms with Crippen molar-refractivity contribution in [2.24, 2.45) is 0 Å². The van der Waals surface area contributed by atoms with E-state index in [9.17, 15) is 26.7 Å². The van der Waals surface area contributed by atoms with Crippen LogP contribution in [0.2, 0.25) is 0 Å². The molecule has 0 saturated carbocycles. The molecule has 17 heavy (non-hydrogen) atoms. The third kappa shape index (κ3) is 7.57. The lowest BCUT2D eigenvalue weighted by atomic mass is 10.1. The average molecular weight is 278 g/mol. The minimum absolute atomic E-state index is 0.0235. The van der Waals surface area contributed by atoms with Crippen molar-refractivity contribution in [1.29, 1.82) is 0 Å². The van der Waals surface area contributed by atoms with E-state index in [1.165, 1.54) is 0 Å². The van der Waals surface area contributed by atoms with Crippen LogP contribution in [0.5, 0.6) is 0 Å². The maximum absolute atomic E-state index is 13.1. The molecule has 7 heteroatoms. The molecule has 0 radical (unpaired) electrons. The largest absolute Gasteiger partial charge is 0.287 e. The normalized spacial score (nSPS) is 16.9. The van der Waals surface area contributed by atoms with Crippen molar-refractivity contribution >= 4 is 16.9 Å². The van der Waals surface area contributed by atoms with E-state index in [4.69, 9.17) is 0 Å². The summed E-state index contributed by atoms with van der Waals surface area (Å²) < 4.78 is 62.3. The lowest BCUT2D eigenvalue weighted by molar-refractivity contribution is -0.110. The third-order valence-electron chi connectivity index (χ3n) is 2.04. The van der Waals surface area contributed by atoms with Gasteiger partial charge in [0.05, 0.1) is 0 Å². The van der Waals surface area contributed by atoms with Gasteiger partial charge in [-0.1, -0.05) is 18.7 Å². The third-order valence-corrected chi connectivity index (χ3v) is 3.09. The summed E-state index contributed by atoms with van der Waals surface area (Å²) in [5, 5.41) is -0.169. The van der Waals surface area contributed by atoms with Gasteiger partial charge in [0.1, 0.15) is 12.3 Å². The van der Waals surface area contributed by atoms with E-state index in [1.807, 2.05) is 0 Å². The zero-order valence-electron chi connectivity index (χ0n) is 9.34. The van der Waals surface area contributed by atoms with Gasteiger partial charge in [-0.05, 0) is 6.42 Å². The van der Waals surface area contributed by atoms with Crippen molar-refractivity contribution < 1.29 is 26.7 Å². The van der Waals surface area contributed by atoms with Crippen LogP contribution in [0.25, 0.3) is 0 Å². The molecular formula is C10H15F5OS. The van der Waals surface area contributed by atoms with Crippen molar-refractivity contribution in [1.82, 2.24) is 0 Å². The molecule has 0 aromatic rings. The second-order valence-corrected chi connectivity index (χ2v) is 4.62. The summed E-state index contributed by atoms with van der Waals surface area (Å²) in [5.41, 5.74) is 0. The molecule has 0 aliphatic carbocycles. The molecule has 0 aromatic heterocycles. The molecule has 0 fully saturated rings. The molecule has 0 heterocycles. The van der Waals surface area contributed by atoms with Crippen LogP contribution in [0.1, 0.15) is 26.2 Å². The predicted octanol–water partition coefficient (Wildman–Crippen LogP) is 3.72. The first-order chi connectivity index (χ1) is 7.88. The minimum Gasteiger partial charge on any atom is -0.287 e. The average Bonchev–Trinajstić information content (AvgIpc) is 2.26. The van der Waals surface area contributed by atoms with Gasteiger partial charge in [-0.15, -0.1) is 0 Å². The van der Waals surface area contributed by atoms with Crippen LogP contribution in [0.15, 0.2) is 0 Å². The monoisotopic (exact) mass is 278 g/mol. The molecule has 0 aromatic carbocycles. The molecule has 0 aliphatic rings. The summed E-state index contributed by atoms with van der Waals surface area (Å²) in [4.78, 5) is 10.8. The number of hydrogen-bond donors (Lipinski definition) is 0. The molecule has 0 amide bonds. The van der Waals surface area contributed by atoms with E-state index >= 15 is 0 Å². The molecular weight excluding hydrogens is 263 g/mol. The highest BCUT2D eigenvalue weighted by Gasteiger charge is 2.31. The first kappa shape index (κ1) is 16.7. The van der Waals surface area contributed by atoms with E-state index in [1.54, 1.807) is 6.92 Å². The number of hydrogen-bond acceptors (Lipinski definition) is 2. The fourth-order valence-electron chi connectivity index (χ4n) is 1.07. The molecule has 0 bridgehead atoms. The summed E-state index contributed by atoms with van der Waals surface area (Å²) in [6, 6.07) is 0. The van der Waals surface area contributed by atoms with Crippen LogP contribution in [0.4, 0.5) is 22.0 Å². The van der Waals surface area contributed by atoms with Gasteiger partial charge in [0.25, 0.3) is 0 Å². The minimum atomic E-state index is -2.99. The number of carbonyl (C=O) groups excluding carboxylic acids is 1. The fraction of sp³-hybridized carbons (Fsp3) is 0.900. The van der Waals surface area contributed by atoms with Gasteiger partial charge >= 0.3 is 0 Å². The maximum Gasteiger partial charge on any atom is 0.241 e. The van der Waals surface area contributed by atoms with Crippen molar-refractivity contribution in [3.63, 3.8) is 0 Å². The quantitative estimate of drug-likeness (QED) is 0.629. The number of halogens is 5. The van der Waals surface area contributed by atoms with Gasteiger partial charge in [0.15, 0.2) is 11.3 Å². The summed E-state index contributed by atoms with van der Waals surface area (Å²) in [6.45, 7) is 1.63. The zero-order valence-corrected chi connectivity index (χ0v) is 10.2. The van der Waals surface area contributed by atoms with Crippen LogP contribution >= 0.6 is 11.8 Å². The van der Waals surface area contributed by atoms with Crippen LogP contribution in [0, 0.1) is 0 Å². The van der Waals surface area contributed by atoms with E-state index in [0.29, 0.717) is 0 Å². The summed E-state index contributed by atoms with van der Waals surface area (Å²) in [6.07, 6.45) is -11.6. The van der Waals surface area contributed by atoms with Crippen LogP contribution in [-0.2, 0) is 4.79 Å². The Morgan fingerprint density at radius 1 is 1.12 bits per heavy atom. The first-order valence-electron chi connectivity index (χ1n) is 5.24. The van der Waals surface area contributed by atoms with E-state index < -0.39 is 31.4 Å².